The molecular weight excluding hydrogens is 220 g/mol. The number of nitrogens with one attached hydrogen (secondary N) is 1. The second-order valence-electron chi connectivity index (χ2n) is 5.00. The van der Waals surface area contributed by atoms with E-state index < -0.39 is 5.54 Å². The van der Waals surface area contributed by atoms with Crippen LogP contribution in [0.5, 0.6) is 0 Å². The molecule has 96 valence electrons. The second kappa shape index (κ2) is 4.64. The van der Waals surface area contributed by atoms with Gasteiger partial charge in [-0.3, -0.25) is 9.69 Å². The average Bonchev–Trinajstić information content (AvgIpc) is 2.54. The molecule has 0 aromatic heterocycles. The molecule has 2 atom stereocenters. The van der Waals surface area contributed by atoms with Gasteiger partial charge >= 0.3 is 6.03 Å². The third-order valence-electron chi connectivity index (χ3n) is 4.02. The van der Waals surface area contributed by atoms with Crippen LogP contribution in [0.2, 0.25) is 0 Å². The molecule has 5 heteroatoms. The number of imide groups is 1. The van der Waals surface area contributed by atoms with E-state index in [0.29, 0.717) is 13.2 Å². The highest BCUT2D eigenvalue weighted by molar-refractivity contribution is 6.07. The third kappa shape index (κ3) is 1.92. The standard InChI is InChI=1S/C12H20N2O3/c1-9-5-3-4-6-12(9)10(15)14(7-8-17-2)11(16)13-12/h9H,3-8H2,1-2H3,(H,13,16)/t9-,12-/m1/s1. The van der Waals surface area contributed by atoms with Crippen LogP contribution in [0.3, 0.4) is 0 Å². The summed E-state index contributed by atoms with van der Waals surface area (Å²) in [5.41, 5.74) is -0.636. The molecule has 0 aromatic carbocycles. The van der Waals surface area contributed by atoms with Crippen LogP contribution in [0.15, 0.2) is 0 Å². The van der Waals surface area contributed by atoms with Crippen LogP contribution in [-0.4, -0.2) is 42.6 Å². The summed E-state index contributed by atoms with van der Waals surface area (Å²) >= 11 is 0. The number of nitrogens with zero attached hydrogens (tertiary/aromatic N) is 1. The van der Waals surface area contributed by atoms with Gasteiger partial charge in [0.25, 0.3) is 5.91 Å². The largest absolute Gasteiger partial charge is 0.383 e. The van der Waals surface area contributed by atoms with Crippen LogP contribution in [0.25, 0.3) is 0 Å². The van der Waals surface area contributed by atoms with Gasteiger partial charge in [0.1, 0.15) is 5.54 Å². The molecule has 0 unspecified atom stereocenters. The lowest BCUT2D eigenvalue weighted by Gasteiger charge is -2.36. The average molecular weight is 240 g/mol. The summed E-state index contributed by atoms with van der Waals surface area (Å²) in [4.78, 5) is 25.5. The van der Waals surface area contributed by atoms with E-state index in [4.69, 9.17) is 4.74 Å². The van der Waals surface area contributed by atoms with Crippen molar-refractivity contribution in [1.29, 1.82) is 0 Å². The van der Waals surface area contributed by atoms with E-state index in [1.165, 1.54) is 4.90 Å². The number of hydrogen-bond donors (Lipinski definition) is 1. The number of methoxy groups -OCH3 is 1. The number of carbonyl (C=O) groups excluding carboxylic acids is 2. The molecule has 17 heavy (non-hydrogen) atoms. The first-order valence-electron chi connectivity index (χ1n) is 6.25. The van der Waals surface area contributed by atoms with Gasteiger partial charge in [-0.2, -0.15) is 0 Å². The van der Waals surface area contributed by atoms with Gasteiger partial charge in [0.05, 0.1) is 13.2 Å². The van der Waals surface area contributed by atoms with Gasteiger partial charge in [0.2, 0.25) is 0 Å². The zero-order valence-electron chi connectivity index (χ0n) is 10.5. The summed E-state index contributed by atoms with van der Waals surface area (Å²) in [7, 11) is 1.57. The normalized spacial score (nSPS) is 33.3. The number of ether oxygens (including phenoxy) is 1. The van der Waals surface area contributed by atoms with Gasteiger partial charge in [-0.15, -0.1) is 0 Å². The first kappa shape index (κ1) is 12.4. The summed E-state index contributed by atoms with van der Waals surface area (Å²) in [6.45, 7) is 2.79. The molecule has 5 nitrogen and oxygen atoms in total. The summed E-state index contributed by atoms with van der Waals surface area (Å²) in [5.74, 6) is 0.159. The molecular formula is C12H20N2O3. The lowest BCUT2D eigenvalue weighted by atomic mass is 9.73. The van der Waals surface area contributed by atoms with Crippen LogP contribution in [0.4, 0.5) is 4.79 Å². The lowest BCUT2D eigenvalue weighted by molar-refractivity contribution is -0.134. The van der Waals surface area contributed by atoms with Gasteiger partial charge in [0, 0.05) is 7.11 Å². The quantitative estimate of drug-likeness (QED) is 0.752. The van der Waals surface area contributed by atoms with Crippen molar-refractivity contribution in [1.82, 2.24) is 10.2 Å². The fourth-order valence-corrected chi connectivity index (χ4v) is 2.88. The maximum Gasteiger partial charge on any atom is 0.325 e. The van der Waals surface area contributed by atoms with Crippen molar-refractivity contribution in [3.05, 3.63) is 0 Å². The summed E-state index contributed by atoms with van der Waals surface area (Å²) in [5, 5.41) is 2.91. The Balaban J connectivity index is 2.16. The minimum Gasteiger partial charge on any atom is -0.383 e. The number of urea groups is 1. The summed E-state index contributed by atoms with van der Waals surface area (Å²) in [6, 6.07) is -0.263. The molecule has 1 aliphatic heterocycles. The van der Waals surface area contributed by atoms with E-state index in [9.17, 15) is 9.59 Å². The predicted octanol–water partition coefficient (Wildman–Crippen LogP) is 1.13. The zero-order chi connectivity index (χ0) is 12.5. The number of rotatable bonds is 3. The van der Waals surface area contributed by atoms with Crippen molar-refractivity contribution in [2.45, 2.75) is 38.1 Å². The van der Waals surface area contributed by atoms with E-state index in [-0.39, 0.29) is 17.9 Å². The molecule has 1 saturated heterocycles. The van der Waals surface area contributed by atoms with Crippen LogP contribution in [-0.2, 0) is 9.53 Å². The van der Waals surface area contributed by atoms with Crippen LogP contribution in [0, 0.1) is 5.92 Å². The van der Waals surface area contributed by atoms with Crippen LogP contribution < -0.4 is 5.32 Å². The fourth-order valence-electron chi connectivity index (χ4n) is 2.88. The molecule has 1 N–H and O–H groups in total. The minimum atomic E-state index is -0.636. The first-order chi connectivity index (χ1) is 8.12. The molecule has 2 fully saturated rings. The van der Waals surface area contributed by atoms with Gasteiger partial charge < -0.3 is 10.1 Å². The Hall–Kier alpha value is -1.10. The SMILES string of the molecule is COCCN1C(=O)N[C@@]2(CCCC[C@H]2C)C1=O. The van der Waals surface area contributed by atoms with Crippen LogP contribution in [0.1, 0.15) is 32.6 Å². The minimum absolute atomic E-state index is 0.0632. The van der Waals surface area contributed by atoms with Crippen molar-refractivity contribution in [2.75, 3.05) is 20.3 Å². The Morgan fingerprint density at radius 3 is 2.88 bits per heavy atom. The molecule has 0 radical (unpaired) electrons. The van der Waals surface area contributed by atoms with E-state index in [1.807, 2.05) is 0 Å². The summed E-state index contributed by atoms with van der Waals surface area (Å²) in [6.07, 6.45) is 3.92. The molecule has 1 saturated carbocycles. The second-order valence-corrected chi connectivity index (χ2v) is 5.00. The number of amides is 3. The third-order valence-corrected chi connectivity index (χ3v) is 4.02. The maximum absolute atomic E-state index is 12.4. The molecule has 1 aliphatic carbocycles. The summed E-state index contributed by atoms with van der Waals surface area (Å²) < 4.78 is 4.93. The van der Waals surface area contributed by atoms with E-state index in [1.54, 1.807) is 7.11 Å². The maximum atomic E-state index is 12.4. The highest BCUT2D eigenvalue weighted by atomic mass is 16.5. The van der Waals surface area contributed by atoms with Gasteiger partial charge in [-0.05, 0) is 18.8 Å². The molecule has 1 heterocycles. The highest BCUT2D eigenvalue weighted by Crippen LogP contribution is 2.37. The number of carbonyl (C=O) groups is 2. The predicted molar refractivity (Wildman–Crippen MR) is 62.5 cm³/mol. The van der Waals surface area contributed by atoms with Crippen molar-refractivity contribution < 1.29 is 14.3 Å². The van der Waals surface area contributed by atoms with E-state index in [2.05, 4.69) is 12.2 Å². The Bertz CT molecular complexity index is 332. The van der Waals surface area contributed by atoms with Gasteiger partial charge in [0.15, 0.2) is 0 Å². The molecule has 2 aliphatic rings. The van der Waals surface area contributed by atoms with Crippen molar-refractivity contribution >= 4 is 11.9 Å². The van der Waals surface area contributed by atoms with Crippen molar-refractivity contribution in [2.24, 2.45) is 5.92 Å². The fraction of sp³-hybridized carbons (Fsp3) is 0.833. The van der Waals surface area contributed by atoms with Crippen molar-refractivity contribution in [3.8, 4) is 0 Å². The van der Waals surface area contributed by atoms with Crippen molar-refractivity contribution in [3.63, 3.8) is 0 Å². The Morgan fingerprint density at radius 1 is 1.47 bits per heavy atom. The molecule has 0 aromatic rings. The molecule has 2 rings (SSSR count). The first-order valence-corrected chi connectivity index (χ1v) is 6.25. The Kier molecular flexibility index (Phi) is 3.38. The molecule has 3 amide bonds. The smallest absolute Gasteiger partial charge is 0.325 e. The van der Waals surface area contributed by atoms with Gasteiger partial charge in [-0.25, -0.2) is 4.79 Å². The number of hydrogen-bond acceptors (Lipinski definition) is 3. The van der Waals surface area contributed by atoms with Gasteiger partial charge in [-0.1, -0.05) is 19.8 Å². The Morgan fingerprint density at radius 2 is 2.24 bits per heavy atom. The highest BCUT2D eigenvalue weighted by Gasteiger charge is 2.54. The molecule has 0 bridgehead atoms. The molecule has 1 spiro atoms. The monoisotopic (exact) mass is 240 g/mol. The lowest BCUT2D eigenvalue weighted by Crippen LogP contribution is -2.54. The topological polar surface area (TPSA) is 58.6 Å². The zero-order valence-corrected chi connectivity index (χ0v) is 10.5. The van der Waals surface area contributed by atoms with E-state index in [0.717, 1.165) is 25.7 Å². The van der Waals surface area contributed by atoms with Crippen LogP contribution >= 0.6 is 0 Å². The van der Waals surface area contributed by atoms with E-state index >= 15 is 0 Å². The Labute approximate surface area is 101 Å².